The number of carbonyl (C=O) groups is 1. The van der Waals surface area contributed by atoms with Gasteiger partial charge in [0, 0.05) is 17.3 Å². The minimum Gasteiger partial charge on any atom is -0.485 e. The van der Waals surface area contributed by atoms with Crippen LogP contribution in [-0.2, 0) is 11.2 Å². The normalized spacial score (nSPS) is 15.2. The van der Waals surface area contributed by atoms with Gasteiger partial charge < -0.3 is 14.8 Å². The van der Waals surface area contributed by atoms with Gasteiger partial charge in [0.25, 0.3) is 11.5 Å². The Kier molecular flexibility index (Phi) is 4.79. The molecule has 0 aliphatic carbocycles. The number of aromatic nitrogens is 4. The van der Waals surface area contributed by atoms with E-state index in [4.69, 9.17) is 9.47 Å². The van der Waals surface area contributed by atoms with Gasteiger partial charge >= 0.3 is 0 Å². The van der Waals surface area contributed by atoms with Crippen molar-refractivity contribution in [3.63, 3.8) is 0 Å². The highest BCUT2D eigenvalue weighted by Gasteiger charge is 2.28. The lowest BCUT2D eigenvalue weighted by Crippen LogP contribution is -2.40. The third-order valence-electron chi connectivity index (χ3n) is 4.65. The third-order valence-corrected chi connectivity index (χ3v) is 4.65. The second-order valence-corrected chi connectivity index (χ2v) is 6.74. The molecule has 1 aliphatic rings. The zero-order chi connectivity index (χ0) is 20.5. The first-order valence-electron chi connectivity index (χ1n) is 9.32. The van der Waals surface area contributed by atoms with E-state index in [1.807, 2.05) is 19.1 Å². The van der Waals surface area contributed by atoms with E-state index >= 15 is 0 Å². The summed E-state index contributed by atoms with van der Waals surface area (Å²) in [5.74, 6) is 1.34. The van der Waals surface area contributed by atoms with E-state index in [1.54, 1.807) is 32.0 Å². The van der Waals surface area contributed by atoms with Crippen LogP contribution in [0, 0.1) is 13.8 Å². The maximum Gasteiger partial charge on any atom is 0.270 e. The summed E-state index contributed by atoms with van der Waals surface area (Å²) in [6.45, 7) is 5.55. The Bertz CT molecular complexity index is 1130. The highest BCUT2D eigenvalue weighted by atomic mass is 16.6. The number of amides is 1. The van der Waals surface area contributed by atoms with Crippen LogP contribution < -0.4 is 20.3 Å². The van der Waals surface area contributed by atoms with E-state index in [1.165, 1.54) is 4.68 Å². The molecule has 2 aromatic heterocycles. The number of anilines is 1. The number of aryl methyl sites for hydroxylation is 2. The molecule has 3 heterocycles. The molecule has 150 valence electrons. The Morgan fingerprint density at radius 2 is 2.07 bits per heavy atom. The van der Waals surface area contributed by atoms with Crippen molar-refractivity contribution in [3.05, 3.63) is 57.6 Å². The predicted molar refractivity (Wildman–Crippen MR) is 106 cm³/mol. The van der Waals surface area contributed by atoms with Crippen LogP contribution >= 0.6 is 0 Å². The largest absolute Gasteiger partial charge is 0.485 e. The molecule has 0 spiro atoms. The molecule has 4 rings (SSSR count). The van der Waals surface area contributed by atoms with Gasteiger partial charge in [-0.2, -0.15) is 9.78 Å². The Morgan fingerprint density at radius 3 is 2.79 bits per heavy atom. The number of hydrogen-bond acceptors (Lipinski definition) is 6. The SMILES string of the molecule is CCc1c(C)nc(-n2nc(C)cc2NC(=O)C2COc3ccccc3O2)[nH]c1=O. The first-order valence-corrected chi connectivity index (χ1v) is 9.32. The maximum absolute atomic E-state index is 12.8. The highest BCUT2D eigenvalue weighted by Crippen LogP contribution is 2.31. The molecule has 1 aromatic carbocycles. The van der Waals surface area contributed by atoms with Crippen molar-refractivity contribution in [2.45, 2.75) is 33.3 Å². The molecule has 0 fully saturated rings. The van der Waals surface area contributed by atoms with E-state index in [-0.39, 0.29) is 24.0 Å². The molecule has 0 saturated carbocycles. The Morgan fingerprint density at radius 1 is 1.31 bits per heavy atom. The molecular formula is C20H21N5O4. The van der Waals surface area contributed by atoms with Crippen molar-refractivity contribution in [1.82, 2.24) is 19.7 Å². The van der Waals surface area contributed by atoms with E-state index in [0.29, 0.717) is 40.7 Å². The molecule has 1 unspecified atom stereocenters. The van der Waals surface area contributed by atoms with Crippen LogP contribution in [0.25, 0.3) is 5.95 Å². The lowest BCUT2D eigenvalue weighted by Gasteiger charge is -2.25. The average Bonchev–Trinajstić information content (AvgIpc) is 3.07. The number of rotatable bonds is 4. The standard InChI is InChI=1S/C20H21N5O4/c1-4-13-12(3)21-20(23-18(13)26)25-17(9-11(2)24-25)22-19(27)16-10-28-14-7-5-6-8-15(14)29-16/h5-9,16H,4,10H2,1-3H3,(H,22,27)(H,21,23,26). The van der Waals surface area contributed by atoms with Crippen molar-refractivity contribution in [2.75, 3.05) is 11.9 Å². The smallest absolute Gasteiger partial charge is 0.270 e. The van der Waals surface area contributed by atoms with Gasteiger partial charge in [0.05, 0.1) is 5.69 Å². The van der Waals surface area contributed by atoms with Gasteiger partial charge in [0.2, 0.25) is 12.1 Å². The molecule has 3 aromatic rings. The summed E-state index contributed by atoms with van der Waals surface area (Å²) in [5, 5.41) is 7.14. The van der Waals surface area contributed by atoms with Crippen LogP contribution in [0.2, 0.25) is 0 Å². The van der Waals surface area contributed by atoms with Crippen molar-refractivity contribution in [1.29, 1.82) is 0 Å². The van der Waals surface area contributed by atoms with Crippen LogP contribution in [0.5, 0.6) is 11.5 Å². The van der Waals surface area contributed by atoms with Crippen molar-refractivity contribution >= 4 is 11.7 Å². The molecule has 9 nitrogen and oxygen atoms in total. The van der Waals surface area contributed by atoms with Gasteiger partial charge in [-0.25, -0.2) is 4.98 Å². The first kappa shape index (κ1) is 18.7. The van der Waals surface area contributed by atoms with Gasteiger partial charge in [-0.1, -0.05) is 19.1 Å². The van der Waals surface area contributed by atoms with Gasteiger partial charge in [-0.15, -0.1) is 0 Å². The minimum atomic E-state index is -0.815. The summed E-state index contributed by atoms with van der Waals surface area (Å²) in [6, 6.07) is 8.87. The quantitative estimate of drug-likeness (QED) is 0.698. The third kappa shape index (κ3) is 3.58. The van der Waals surface area contributed by atoms with Crippen LogP contribution in [0.1, 0.15) is 23.9 Å². The fourth-order valence-electron chi connectivity index (χ4n) is 3.22. The summed E-state index contributed by atoms with van der Waals surface area (Å²) >= 11 is 0. The zero-order valence-electron chi connectivity index (χ0n) is 16.4. The lowest BCUT2D eigenvalue weighted by molar-refractivity contribution is -0.125. The van der Waals surface area contributed by atoms with E-state index in [9.17, 15) is 9.59 Å². The minimum absolute atomic E-state index is 0.0926. The maximum atomic E-state index is 12.8. The fraction of sp³-hybridized carbons (Fsp3) is 0.300. The number of aromatic amines is 1. The zero-order valence-corrected chi connectivity index (χ0v) is 16.4. The molecule has 1 aliphatic heterocycles. The molecule has 0 saturated heterocycles. The molecule has 1 atom stereocenters. The van der Waals surface area contributed by atoms with Crippen molar-refractivity contribution in [3.8, 4) is 17.4 Å². The monoisotopic (exact) mass is 395 g/mol. The van der Waals surface area contributed by atoms with Crippen LogP contribution in [0.15, 0.2) is 35.1 Å². The molecule has 2 N–H and O–H groups in total. The number of H-pyrrole nitrogens is 1. The number of ether oxygens (including phenoxy) is 2. The number of para-hydroxylation sites is 2. The number of hydrogen-bond donors (Lipinski definition) is 2. The summed E-state index contributed by atoms with van der Waals surface area (Å²) in [5.41, 5.74) is 1.68. The van der Waals surface area contributed by atoms with Crippen molar-refractivity contribution in [2.24, 2.45) is 0 Å². The van der Waals surface area contributed by atoms with E-state index in [0.717, 1.165) is 0 Å². The molecule has 29 heavy (non-hydrogen) atoms. The lowest BCUT2D eigenvalue weighted by atomic mass is 10.2. The molecule has 1 amide bonds. The summed E-state index contributed by atoms with van der Waals surface area (Å²) in [6.07, 6.45) is -0.235. The number of carbonyl (C=O) groups excluding carboxylic acids is 1. The summed E-state index contributed by atoms with van der Waals surface area (Å²) in [7, 11) is 0. The highest BCUT2D eigenvalue weighted by molar-refractivity contribution is 5.94. The summed E-state index contributed by atoms with van der Waals surface area (Å²) < 4.78 is 12.8. The fourth-order valence-corrected chi connectivity index (χ4v) is 3.22. The van der Waals surface area contributed by atoms with Gasteiger partial charge in [-0.3, -0.25) is 14.6 Å². The van der Waals surface area contributed by atoms with Gasteiger partial charge in [0.1, 0.15) is 12.4 Å². The van der Waals surface area contributed by atoms with E-state index in [2.05, 4.69) is 20.4 Å². The topological polar surface area (TPSA) is 111 Å². The first-order chi connectivity index (χ1) is 14.0. The Labute approximate surface area is 166 Å². The van der Waals surface area contributed by atoms with Crippen LogP contribution in [0.4, 0.5) is 5.82 Å². The predicted octanol–water partition coefficient (Wildman–Crippen LogP) is 1.91. The second-order valence-electron chi connectivity index (χ2n) is 6.74. The van der Waals surface area contributed by atoms with Gasteiger partial charge in [0.15, 0.2) is 11.5 Å². The molecule has 0 radical (unpaired) electrons. The van der Waals surface area contributed by atoms with Crippen molar-refractivity contribution < 1.29 is 14.3 Å². The van der Waals surface area contributed by atoms with Crippen LogP contribution in [0.3, 0.4) is 0 Å². The number of nitrogens with zero attached hydrogens (tertiary/aromatic N) is 3. The average molecular weight is 395 g/mol. The molecule has 9 heteroatoms. The Balaban J connectivity index is 1.60. The number of benzene rings is 1. The summed E-state index contributed by atoms with van der Waals surface area (Å²) in [4.78, 5) is 32.2. The number of nitrogens with one attached hydrogen (secondary N) is 2. The molecule has 0 bridgehead atoms. The Hall–Kier alpha value is -3.62. The second kappa shape index (κ2) is 7.42. The van der Waals surface area contributed by atoms with Gasteiger partial charge in [-0.05, 0) is 32.4 Å². The molecular weight excluding hydrogens is 374 g/mol. The van der Waals surface area contributed by atoms with Crippen LogP contribution in [-0.4, -0.2) is 38.4 Å². The van der Waals surface area contributed by atoms with E-state index < -0.39 is 6.10 Å². The number of fused-ring (bicyclic) bond motifs is 1.